The van der Waals surface area contributed by atoms with Gasteiger partial charge in [0.2, 0.25) is 0 Å². The first kappa shape index (κ1) is 11.0. The van der Waals surface area contributed by atoms with Crippen molar-refractivity contribution in [3.05, 3.63) is 0 Å². The number of hydrogen-bond acceptors (Lipinski definition) is 3. The normalized spacial score (nSPS) is 30.7. The van der Waals surface area contributed by atoms with Gasteiger partial charge in [-0.3, -0.25) is 4.90 Å². The molecule has 0 aliphatic carbocycles. The summed E-state index contributed by atoms with van der Waals surface area (Å²) in [5, 5.41) is 3.42. The van der Waals surface area contributed by atoms with Crippen molar-refractivity contribution in [3.8, 4) is 0 Å². The summed E-state index contributed by atoms with van der Waals surface area (Å²) in [5.74, 6) is 0. The monoisotopic (exact) mass is 186 g/mol. The number of hydrogen-bond donors (Lipinski definition) is 1. The maximum atomic E-state index is 5.37. The molecule has 0 aromatic heterocycles. The molecule has 3 heteroatoms. The van der Waals surface area contributed by atoms with Crippen LogP contribution in [0.3, 0.4) is 0 Å². The number of ether oxygens (including phenoxy) is 1. The van der Waals surface area contributed by atoms with Crippen molar-refractivity contribution in [2.75, 3.05) is 32.8 Å². The van der Waals surface area contributed by atoms with E-state index < -0.39 is 0 Å². The summed E-state index contributed by atoms with van der Waals surface area (Å²) in [7, 11) is 0. The van der Waals surface area contributed by atoms with Crippen molar-refractivity contribution in [3.63, 3.8) is 0 Å². The van der Waals surface area contributed by atoms with Crippen LogP contribution in [0.4, 0.5) is 0 Å². The average molecular weight is 186 g/mol. The molecule has 1 aliphatic heterocycles. The highest BCUT2D eigenvalue weighted by Gasteiger charge is 2.23. The van der Waals surface area contributed by atoms with E-state index in [9.17, 15) is 0 Å². The molecule has 2 atom stereocenters. The minimum atomic E-state index is 0.643. The summed E-state index contributed by atoms with van der Waals surface area (Å²) in [4.78, 5) is 2.52. The lowest BCUT2D eigenvalue weighted by atomic mass is 10.1. The highest BCUT2D eigenvalue weighted by atomic mass is 16.5. The molecule has 2 unspecified atom stereocenters. The van der Waals surface area contributed by atoms with Crippen LogP contribution in [0.2, 0.25) is 0 Å². The van der Waals surface area contributed by atoms with E-state index in [1.165, 1.54) is 0 Å². The van der Waals surface area contributed by atoms with Gasteiger partial charge in [0, 0.05) is 38.3 Å². The number of rotatable bonds is 4. The van der Waals surface area contributed by atoms with Crippen LogP contribution >= 0.6 is 0 Å². The summed E-state index contributed by atoms with van der Waals surface area (Å²) in [6.45, 7) is 11.6. The Morgan fingerprint density at radius 1 is 1.31 bits per heavy atom. The van der Waals surface area contributed by atoms with E-state index >= 15 is 0 Å². The molecular formula is C10H22N2O. The Labute approximate surface area is 81.4 Å². The van der Waals surface area contributed by atoms with Crippen molar-refractivity contribution < 1.29 is 4.74 Å². The molecular weight excluding hydrogens is 164 g/mol. The van der Waals surface area contributed by atoms with Gasteiger partial charge >= 0.3 is 0 Å². The molecule has 0 saturated carbocycles. The highest BCUT2D eigenvalue weighted by Crippen LogP contribution is 2.08. The molecule has 1 N–H and O–H groups in total. The van der Waals surface area contributed by atoms with Crippen LogP contribution in [0.1, 0.15) is 20.8 Å². The van der Waals surface area contributed by atoms with Crippen molar-refractivity contribution in [1.82, 2.24) is 10.2 Å². The first-order valence-electron chi connectivity index (χ1n) is 5.30. The summed E-state index contributed by atoms with van der Waals surface area (Å²) in [6.07, 6.45) is 0. The molecule has 1 aliphatic rings. The van der Waals surface area contributed by atoms with E-state index in [0.717, 1.165) is 32.8 Å². The van der Waals surface area contributed by atoms with E-state index in [1.54, 1.807) is 0 Å². The minimum Gasteiger partial charge on any atom is -0.380 e. The summed E-state index contributed by atoms with van der Waals surface area (Å²) in [5.41, 5.74) is 0. The molecule has 1 rings (SSSR count). The molecule has 0 radical (unpaired) electrons. The van der Waals surface area contributed by atoms with Gasteiger partial charge in [-0.1, -0.05) is 0 Å². The lowest BCUT2D eigenvalue weighted by Gasteiger charge is -2.39. The van der Waals surface area contributed by atoms with Crippen LogP contribution in [0.25, 0.3) is 0 Å². The van der Waals surface area contributed by atoms with Gasteiger partial charge in [-0.05, 0) is 20.8 Å². The number of nitrogens with one attached hydrogen (secondary N) is 1. The Bertz CT molecular complexity index is 131. The third-order valence-corrected chi connectivity index (χ3v) is 2.71. The van der Waals surface area contributed by atoms with Crippen LogP contribution < -0.4 is 5.32 Å². The molecule has 0 aromatic carbocycles. The average Bonchev–Trinajstić information content (AvgIpc) is 2.10. The van der Waals surface area contributed by atoms with E-state index in [4.69, 9.17) is 4.74 Å². The lowest BCUT2D eigenvalue weighted by molar-refractivity contribution is 0.0612. The molecule has 3 nitrogen and oxygen atoms in total. The summed E-state index contributed by atoms with van der Waals surface area (Å²) in [6, 6.07) is 1.29. The number of piperazine rings is 1. The predicted molar refractivity (Wildman–Crippen MR) is 55.0 cm³/mol. The highest BCUT2D eigenvalue weighted by molar-refractivity contribution is 4.81. The van der Waals surface area contributed by atoms with Gasteiger partial charge < -0.3 is 10.1 Å². The molecule has 13 heavy (non-hydrogen) atoms. The van der Waals surface area contributed by atoms with Crippen LogP contribution in [0.5, 0.6) is 0 Å². The smallest absolute Gasteiger partial charge is 0.0593 e. The fourth-order valence-electron chi connectivity index (χ4n) is 1.93. The number of nitrogens with zero attached hydrogens (tertiary/aromatic N) is 1. The maximum absolute atomic E-state index is 5.37. The Morgan fingerprint density at radius 2 is 1.92 bits per heavy atom. The zero-order chi connectivity index (χ0) is 9.68. The first-order chi connectivity index (χ1) is 6.25. The van der Waals surface area contributed by atoms with Crippen molar-refractivity contribution >= 4 is 0 Å². The first-order valence-corrected chi connectivity index (χ1v) is 5.30. The summed E-state index contributed by atoms with van der Waals surface area (Å²) < 4.78 is 5.37. The lowest BCUT2D eigenvalue weighted by Crippen LogP contribution is -2.55. The predicted octanol–water partition coefficient (Wildman–Crippen LogP) is 0.705. The third-order valence-electron chi connectivity index (χ3n) is 2.71. The van der Waals surface area contributed by atoms with Gasteiger partial charge in [-0.15, -0.1) is 0 Å². The molecule has 0 spiro atoms. The third kappa shape index (κ3) is 3.25. The van der Waals surface area contributed by atoms with Gasteiger partial charge in [0.15, 0.2) is 0 Å². The van der Waals surface area contributed by atoms with Crippen molar-refractivity contribution in [1.29, 1.82) is 0 Å². The Hall–Kier alpha value is -0.120. The quantitative estimate of drug-likeness (QED) is 0.654. The fourth-order valence-corrected chi connectivity index (χ4v) is 1.93. The SMILES string of the molecule is CCOCCN1C(C)CNCC1C. The zero-order valence-electron chi connectivity index (χ0n) is 9.05. The van der Waals surface area contributed by atoms with Gasteiger partial charge in [-0.25, -0.2) is 0 Å². The molecule has 0 amide bonds. The van der Waals surface area contributed by atoms with Gasteiger partial charge in [-0.2, -0.15) is 0 Å². The Morgan fingerprint density at radius 3 is 2.46 bits per heavy atom. The van der Waals surface area contributed by atoms with Gasteiger partial charge in [0.1, 0.15) is 0 Å². The Balaban J connectivity index is 2.26. The maximum Gasteiger partial charge on any atom is 0.0593 e. The second-order valence-corrected chi connectivity index (χ2v) is 3.79. The Kier molecular flexibility index (Phi) is 4.70. The second kappa shape index (κ2) is 5.58. The summed E-state index contributed by atoms with van der Waals surface area (Å²) >= 11 is 0. The van der Waals surface area contributed by atoms with Gasteiger partial charge in [0.25, 0.3) is 0 Å². The zero-order valence-corrected chi connectivity index (χ0v) is 9.05. The molecule has 78 valence electrons. The largest absolute Gasteiger partial charge is 0.380 e. The van der Waals surface area contributed by atoms with Crippen LogP contribution in [-0.2, 0) is 4.74 Å². The topological polar surface area (TPSA) is 24.5 Å². The van der Waals surface area contributed by atoms with E-state index in [1.807, 2.05) is 6.92 Å². The molecule has 0 bridgehead atoms. The minimum absolute atomic E-state index is 0.643. The molecule has 1 heterocycles. The fraction of sp³-hybridized carbons (Fsp3) is 1.00. The van der Waals surface area contributed by atoms with E-state index in [0.29, 0.717) is 12.1 Å². The van der Waals surface area contributed by atoms with E-state index in [2.05, 4.69) is 24.1 Å². The van der Waals surface area contributed by atoms with Crippen molar-refractivity contribution in [2.24, 2.45) is 0 Å². The second-order valence-electron chi connectivity index (χ2n) is 3.79. The molecule has 0 aromatic rings. The van der Waals surface area contributed by atoms with Crippen molar-refractivity contribution in [2.45, 2.75) is 32.9 Å². The van der Waals surface area contributed by atoms with Gasteiger partial charge in [0.05, 0.1) is 6.61 Å². The molecule has 1 saturated heterocycles. The van der Waals surface area contributed by atoms with Crippen LogP contribution in [0, 0.1) is 0 Å². The van der Waals surface area contributed by atoms with Crippen LogP contribution in [-0.4, -0.2) is 49.8 Å². The molecule has 1 fully saturated rings. The standard InChI is InChI=1S/C10H22N2O/c1-4-13-6-5-12-9(2)7-11-8-10(12)3/h9-11H,4-8H2,1-3H3. The van der Waals surface area contributed by atoms with E-state index in [-0.39, 0.29) is 0 Å². The van der Waals surface area contributed by atoms with Crippen LogP contribution in [0.15, 0.2) is 0 Å².